The number of likely N-dealkylation sites (tertiary alicyclic amines) is 1. The minimum atomic E-state index is -0.0671. The van der Waals surface area contributed by atoms with Crippen molar-refractivity contribution in [3.05, 3.63) is 36.2 Å². The largest absolute Gasteiger partial charge is 0.348 e. The van der Waals surface area contributed by atoms with Crippen LogP contribution in [-0.4, -0.2) is 56.7 Å². The Balaban J connectivity index is 1.59. The summed E-state index contributed by atoms with van der Waals surface area (Å²) in [5.74, 6) is 0.678. The van der Waals surface area contributed by atoms with Gasteiger partial charge in [0.1, 0.15) is 6.33 Å². The second-order valence-corrected chi connectivity index (χ2v) is 6.69. The van der Waals surface area contributed by atoms with E-state index in [1.807, 2.05) is 12.1 Å². The van der Waals surface area contributed by atoms with E-state index in [-0.39, 0.29) is 11.9 Å². The molecule has 24 heavy (non-hydrogen) atoms. The molecule has 1 saturated heterocycles. The minimum Gasteiger partial charge on any atom is -0.348 e. The van der Waals surface area contributed by atoms with Gasteiger partial charge in [0.05, 0.1) is 5.69 Å². The van der Waals surface area contributed by atoms with E-state index in [1.54, 1.807) is 12.1 Å². The smallest absolute Gasteiger partial charge is 0.251 e. The summed E-state index contributed by atoms with van der Waals surface area (Å²) in [6.07, 6.45) is 4.06. The van der Waals surface area contributed by atoms with Crippen LogP contribution >= 0.6 is 0 Å². The first-order valence-corrected chi connectivity index (χ1v) is 8.48. The molecule has 1 N–H and O–H groups in total. The van der Waals surface area contributed by atoms with Crippen molar-refractivity contribution in [3.63, 3.8) is 0 Å². The van der Waals surface area contributed by atoms with Crippen molar-refractivity contribution < 1.29 is 4.79 Å². The SMILES string of the molecule is C[C@@H]1CCCN(C[C@@H](C)NC(=O)c2cccc(-n3cnnn3)c2)C1. The molecule has 7 heteroatoms. The summed E-state index contributed by atoms with van der Waals surface area (Å²) >= 11 is 0. The number of rotatable bonds is 5. The Morgan fingerprint density at radius 2 is 2.33 bits per heavy atom. The first kappa shape index (κ1) is 16.6. The molecule has 1 fully saturated rings. The highest BCUT2D eigenvalue weighted by atomic mass is 16.1. The molecule has 1 aromatic heterocycles. The van der Waals surface area contributed by atoms with Crippen LogP contribution in [-0.2, 0) is 0 Å². The van der Waals surface area contributed by atoms with Crippen molar-refractivity contribution in [2.45, 2.75) is 32.7 Å². The Bertz CT molecular complexity index is 671. The van der Waals surface area contributed by atoms with Crippen LogP contribution in [0.4, 0.5) is 0 Å². The number of carbonyl (C=O) groups excluding carboxylic acids is 1. The van der Waals surface area contributed by atoms with Gasteiger partial charge in [0.25, 0.3) is 5.91 Å². The highest BCUT2D eigenvalue weighted by molar-refractivity contribution is 5.94. The van der Waals surface area contributed by atoms with Gasteiger partial charge in [-0.05, 0) is 60.9 Å². The molecule has 1 aliphatic heterocycles. The Kier molecular flexibility index (Phi) is 5.20. The van der Waals surface area contributed by atoms with Crippen molar-refractivity contribution in [2.24, 2.45) is 5.92 Å². The molecule has 0 spiro atoms. The van der Waals surface area contributed by atoms with Gasteiger partial charge in [-0.2, -0.15) is 0 Å². The van der Waals surface area contributed by atoms with Crippen LogP contribution in [0.3, 0.4) is 0 Å². The average molecular weight is 328 g/mol. The fourth-order valence-corrected chi connectivity index (χ4v) is 3.26. The molecule has 2 atom stereocenters. The highest BCUT2D eigenvalue weighted by Gasteiger charge is 2.19. The second-order valence-electron chi connectivity index (χ2n) is 6.69. The maximum absolute atomic E-state index is 12.5. The number of tetrazole rings is 1. The van der Waals surface area contributed by atoms with Gasteiger partial charge in [-0.15, -0.1) is 5.10 Å². The quantitative estimate of drug-likeness (QED) is 0.900. The Labute approximate surface area is 142 Å². The standard InChI is InChI=1S/C17H24N6O/c1-13-5-4-8-22(10-13)11-14(2)19-17(24)15-6-3-7-16(9-15)23-12-18-20-21-23/h3,6-7,9,12-14H,4-5,8,10-11H2,1-2H3,(H,19,24)/t13-,14-/m1/s1. The molecule has 7 nitrogen and oxygen atoms in total. The average Bonchev–Trinajstić information content (AvgIpc) is 3.09. The number of carbonyl (C=O) groups is 1. The first-order valence-electron chi connectivity index (χ1n) is 8.48. The monoisotopic (exact) mass is 328 g/mol. The van der Waals surface area contributed by atoms with Gasteiger partial charge in [-0.3, -0.25) is 4.79 Å². The molecule has 0 radical (unpaired) electrons. The van der Waals surface area contributed by atoms with Gasteiger partial charge in [0, 0.05) is 24.7 Å². The molecule has 2 aromatic rings. The third-order valence-electron chi connectivity index (χ3n) is 4.37. The number of piperidine rings is 1. The number of aromatic nitrogens is 4. The minimum absolute atomic E-state index is 0.0671. The van der Waals surface area contributed by atoms with E-state index in [0.29, 0.717) is 5.56 Å². The van der Waals surface area contributed by atoms with Crippen LogP contribution in [0.1, 0.15) is 37.0 Å². The molecule has 1 aromatic carbocycles. The van der Waals surface area contributed by atoms with Crippen molar-refractivity contribution >= 4 is 5.91 Å². The summed E-state index contributed by atoms with van der Waals surface area (Å²) in [5.41, 5.74) is 1.38. The van der Waals surface area contributed by atoms with E-state index in [0.717, 1.165) is 31.2 Å². The van der Waals surface area contributed by atoms with Crippen LogP contribution in [0.15, 0.2) is 30.6 Å². The van der Waals surface area contributed by atoms with E-state index >= 15 is 0 Å². The van der Waals surface area contributed by atoms with Gasteiger partial charge in [-0.1, -0.05) is 13.0 Å². The lowest BCUT2D eigenvalue weighted by molar-refractivity contribution is 0.0920. The number of benzene rings is 1. The lowest BCUT2D eigenvalue weighted by atomic mass is 10.00. The first-order chi connectivity index (χ1) is 11.6. The van der Waals surface area contributed by atoms with Gasteiger partial charge in [0.15, 0.2) is 0 Å². The molecule has 2 heterocycles. The second kappa shape index (κ2) is 7.53. The highest BCUT2D eigenvalue weighted by Crippen LogP contribution is 2.15. The van der Waals surface area contributed by atoms with Crippen molar-refractivity contribution in [1.29, 1.82) is 0 Å². The number of hydrogen-bond acceptors (Lipinski definition) is 5. The maximum Gasteiger partial charge on any atom is 0.251 e. The summed E-state index contributed by atoms with van der Waals surface area (Å²) in [6, 6.07) is 7.41. The van der Waals surface area contributed by atoms with Crippen LogP contribution in [0, 0.1) is 5.92 Å². The predicted octanol–water partition coefficient (Wildman–Crippen LogP) is 1.51. The molecule has 128 valence electrons. The van der Waals surface area contributed by atoms with Gasteiger partial charge in [-0.25, -0.2) is 4.68 Å². The van der Waals surface area contributed by atoms with E-state index in [1.165, 1.54) is 23.9 Å². The summed E-state index contributed by atoms with van der Waals surface area (Å²) in [6.45, 7) is 7.49. The molecule has 1 aliphatic rings. The van der Waals surface area contributed by atoms with Crippen LogP contribution in [0.5, 0.6) is 0 Å². The molecule has 3 rings (SSSR count). The fraction of sp³-hybridized carbons (Fsp3) is 0.529. The molecule has 0 bridgehead atoms. The van der Waals surface area contributed by atoms with Gasteiger partial charge < -0.3 is 10.2 Å². The van der Waals surface area contributed by atoms with Crippen molar-refractivity contribution in [3.8, 4) is 5.69 Å². The lowest BCUT2D eigenvalue weighted by Crippen LogP contribution is -2.45. The van der Waals surface area contributed by atoms with E-state index in [2.05, 4.69) is 39.6 Å². The third-order valence-corrected chi connectivity index (χ3v) is 4.37. The Morgan fingerprint density at radius 3 is 3.08 bits per heavy atom. The van der Waals surface area contributed by atoms with Crippen LogP contribution in [0.2, 0.25) is 0 Å². The summed E-state index contributed by atoms with van der Waals surface area (Å²) < 4.78 is 1.54. The third kappa shape index (κ3) is 4.17. The van der Waals surface area contributed by atoms with Gasteiger partial charge in [0.2, 0.25) is 0 Å². The molecule has 0 unspecified atom stereocenters. The molecule has 1 amide bonds. The lowest BCUT2D eigenvalue weighted by Gasteiger charge is -2.32. The zero-order valence-corrected chi connectivity index (χ0v) is 14.2. The van der Waals surface area contributed by atoms with Crippen LogP contribution < -0.4 is 5.32 Å². The normalized spacial score (nSPS) is 19.8. The van der Waals surface area contributed by atoms with Crippen LogP contribution in [0.25, 0.3) is 5.69 Å². The zero-order chi connectivity index (χ0) is 16.9. The predicted molar refractivity (Wildman–Crippen MR) is 90.9 cm³/mol. The number of nitrogens with zero attached hydrogens (tertiary/aromatic N) is 5. The molecule has 0 aliphatic carbocycles. The zero-order valence-electron chi connectivity index (χ0n) is 14.2. The number of hydrogen-bond donors (Lipinski definition) is 1. The summed E-state index contributed by atoms with van der Waals surface area (Å²) in [4.78, 5) is 14.9. The topological polar surface area (TPSA) is 75.9 Å². The Hall–Kier alpha value is -2.28. The summed E-state index contributed by atoms with van der Waals surface area (Å²) in [5, 5.41) is 14.2. The fourth-order valence-electron chi connectivity index (χ4n) is 3.26. The van der Waals surface area contributed by atoms with Gasteiger partial charge >= 0.3 is 0 Å². The Morgan fingerprint density at radius 1 is 1.46 bits per heavy atom. The van der Waals surface area contributed by atoms with E-state index < -0.39 is 0 Å². The maximum atomic E-state index is 12.5. The van der Waals surface area contributed by atoms with E-state index in [9.17, 15) is 4.79 Å². The van der Waals surface area contributed by atoms with Crippen molar-refractivity contribution in [1.82, 2.24) is 30.4 Å². The number of amides is 1. The molecular formula is C17H24N6O. The molecule has 0 saturated carbocycles. The molecular weight excluding hydrogens is 304 g/mol. The summed E-state index contributed by atoms with van der Waals surface area (Å²) in [7, 11) is 0. The van der Waals surface area contributed by atoms with Crippen molar-refractivity contribution in [2.75, 3.05) is 19.6 Å². The van der Waals surface area contributed by atoms with E-state index in [4.69, 9.17) is 0 Å². The number of nitrogens with one attached hydrogen (secondary N) is 1.